The predicted octanol–water partition coefficient (Wildman–Crippen LogP) is 2.51. The molecule has 0 amide bonds. The predicted molar refractivity (Wildman–Crippen MR) is 62.5 cm³/mol. The van der Waals surface area contributed by atoms with Crippen LogP contribution in [0.3, 0.4) is 0 Å². The van der Waals surface area contributed by atoms with Crippen LogP contribution in [0.25, 0.3) is 0 Å². The van der Waals surface area contributed by atoms with Crippen LogP contribution in [0.5, 0.6) is 0 Å². The van der Waals surface area contributed by atoms with Gasteiger partial charge in [-0.05, 0) is 37.6 Å². The monoisotopic (exact) mass is 237 g/mol. The second-order valence-electron chi connectivity index (χ2n) is 4.41. The lowest BCUT2D eigenvalue weighted by molar-refractivity contribution is 0.0696. The molecule has 0 unspecified atom stereocenters. The summed E-state index contributed by atoms with van der Waals surface area (Å²) in [6.45, 7) is 3.40. The quantitative estimate of drug-likeness (QED) is 0.855. The number of hydrogen-bond acceptors (Lipinski definition) is 2. The lowest BCUT2D eigenvalue weighted by Gasteiger charge is -2.20. The maximum atomic E-state index is 13.6. The third-order valence-electron chi connectivity index (χ3n) is 3.14. The van der Waals surface area contributed by atoms with Crippen molar-refractivity contribution >= 4 is 5.97 Å². The van der Waals surface area contributed by atoms with E-state index < -0.39 is 5.97 Å². The molecule has 17 heavy (non-hydrogen) atoms. The molecule has 1 aromatic rings. The van der Waals surface area contributed by atoms with Gasteiger partial charge in [0.1, 0.15) is 5.82 Å². The Morgan fingerprint density at radius 2 is 2.24 bits per heavy atom. The van der Waals surface area contributed by atoms with Gasteiger partial charge >= 0.3 is 5.97 Å². The van der Waals surface area contributed by atoms with E-state index in [1.54, 1.807) is 0 Å². The molecular formula is C13H16FNO2. The van der Waals surface area contributed by atoms with Crippen LogP contribution >= 0.6 is 0 Å². The van der Waals surface area contributed by atoms with Crippen molar-refractivity contribution in [3.05, 3.63) is 35.1 Å². The van der Waals surface area contributed by atoms with E-state index in [2.05, 4.69) is 4.90 Å². The largest absolute Gasteiger partial charge is 0.478 e. The third kappa shape index (κ3) is 2.82. The first-order valence-corrected chi connectivity index (χ1v) is 5.87. The average Bonchev–Trinajstić information content (AvgIpc) is 3.11. The fourth-order valence-corrected chi connectivity index (χ4v) is 1.99. The van der Waals surface area contributed by atoms with E-state index in [9.17, 15) is 9.18 Å². The topological polar surface area (TPSA) is 40.5 Å². The number of aromatic carboxylic acids is 1. The molecular weight excluding hydrogens is 221 g/mol. The number of nitrogens with zero attached hydrogens (tertiary/aromatic N) is 1. The molecule has 1 saturated carbocycles. The Morgan fingerprint density at radius 1 is 1.53 bits per heavy atom. The zero-order valence-electron chi connectivity index (χ0n) is 9.82. The van der Waals surface area contributed by atoms with E-state index in [1.165, 1.54) is 18.2 Å². The van der Waals surface area contributed by atoms with Gasteiger partial charge in [0.2, 0.25) is 0 Å². The molecule has 92 valence electrons. The molecule has 3 nitrogen and oxygen atoms in total. The van der Waals surface area contributed by atoms with Gasteiger partial charge in [-0.15, -0.1) is 0 Å². The standard InChI is InChI=1S/C13H16FNO2/c1-2-15(11-4-5-11)8-10-7-9(13(16)17)3-6-12(10)14/h3,6-7,11H,2,4-5,8H2,1H3,(H,16,17). The van der Waals surface area contributed by atoms with Crippen LogP contribution in [0.2, 0.25) is 0 Å². The van der Waals surface area contributed by atoms with Gasteiger partial charge in [0.15, 0.2) is 0 Å². The Bertz CT molecular complexity index is 429. The maximum Gasteiger partial charge on any atom is 0.335 e. The van der Waals surface area contributed by atoms with E-state index >= 15 is 0 Å². The van der Waals surface area contributed by atoms with Crippen LogP contribution in [0.15, 0.2) is 18.2 Å². The first-order valence-electron chi connectivity index (χ1n) is 5.87. The molecule has 1 aliphatic rings. The van der Waals surface area contributed by atoms with Crippen molar-refractivity contribution in [2.75, 3.05) is 6.54 Å². The summed E-state index contributed by atoms with van der Waals surface area (Å²) in [4.78, 5) is 13.0. The number of carboxylic acids is 1. The normalized spacial score (nSPS) is 15.2. The van der Waals surface area contributed by atoms with Crippen molar-refractivity contribution in [2.45, 2.75) is 32.4 Å². The van der Waals surface area contributed by atoms with E-state index in [0.29, 0.717) is 18.2 Å². The summed E-state index contributed by atoms with van der Waals surface area (Å²) in [6, 6.07) is 4.52. The van der Waals surface area contributed by atoms with Crippen LogP contribution in [0, 0.1) is 5.82 Å². The highest BCUT2D eigenvalue weighted by Gasteiger charge is 2.28. The fraction of sp³-hybridized carbons (Fsp3) is 0.462. The summed E-state index contributed by atoms with van der Waals surface area (Å²) in [6.07, 6.45) is 2.32. The van der Waals surface area contributed by atoms with Gasteiger partial charge < -0.3 is 5.11 Å². The van der Waals surface area contributed by atoms with Crippen molar-refractivity contribution < 1.29 is 14.3 Å². The molecule has 0 radical (unpaired) electrons. The Labute approximate surface area is 99.9 Å². The number of rotatable bonds is 5. The highest BCUT2D eigenvalue weighted by Crippen LogP contribution is 2.28. The van der Waals surface area contributed by atoms with Gasteiger partial charge in [-0.2, -0.15) is 0 Å². The summed E-state index contributed by atoms with van der Waals surface area (Å²) in [5.41, 5.74) is 0.618. The fourth-order valence-electron chi connectivity index (χ4n) is 1.99. The highest BCUT2D eigenvalue weighted by atomic mass is 19.1. The number of halogens is 1. The molecule has 0 saturated heterocycles. The van der Waals surface area contributed by atoms with Crippen molar-refractivity contribution in [3.8, 4) is 0 Å². The maximum absolute atomic E-state index is 13.6. The summed E-state index contributed by atoms with van der Waals surface area (Å²) >= 11 is 0. The molecule has 0 heterocycles. The summed E-state index contributed by atoms with van der Waals surface area (Å²) in [5.74, 6) is -1.34. The molecule has 1 N–H and O–H groups in total. The molecule has 0 atom stereocenters. The van der Waals surface area contributed by atoms with Crippen molar-refractivity contribution in [2.24, 2.45) is 0 Å². The number of carbonyl (C=O) groups is 1. The van der Waals surface area contributed by atoms with Gasteiger partial charge in [-0.25, -0.2) is 9.18 Å². The third-order valence-corrected chi connectivity index (χ3v) is 3.14. The molecule has 1 aromatic carbocycles. The Hall–Kier alpha value is -1.42. The number of benzene rings is 1. The van der Waals surface area contributed by atoms with Gasteiger partial charge in [-0.3, -0.25) is 4.90 Å². The first-order chi connectivity index (χ1) is 8.11. The second-order valence-corrected chi connectivity index (χ2v) is 4.41. The van der Waals surface area contributed by atoms with Crippen molar-refractivity contribution in [1.82, 2.24) is 4.90 Å². The Kier molecular flexibility index (Phi) is 3.43. The molecule has 0 aromatic heterocycles. The highest BCUT2D eigenvalue weighted by molar-refractivity contribution is 5.87. The van der Waals surface area contributed by atoms with Crippen LogP contribution in [-0.2, 0) is 6.54 Å². The minimum atomic E-state index is -1.01. The summed E-state index contributed by atoms with van der Waals surface area (Å²) in [7, 11) is 0. The van der Waals surface area contributed by atoms with Crippen LogP contribution in [0.4, 0.5) is 4.39 Å². The van der Waals surface area contributed by atoms with Gasteiger partial charge in [0, 0.05) is 18.2 Å². The van der Waals surface area contributed by atoms with Crippen molar-refractivity contribution in [1.29, 1.82) is 0 Å². The van der Waals surface area contributed by atoms with Crippen LogP contribution in [0.1, 0.15) is 35.7 Å². The van der Waals surface area contributed by atoms with E-state index in [4.69, 9.17) is 5.11 Å². The number of carboxylic acid groups (broad SMARTS) is 1. The molecule has 1 fully saturated rings. The number of hydrogen-bond donors (Lipinski definition) is 1. The molecule has 4 heteroatoms. The van der Waals surface area contributed by atoms with Gasteiger partial charge in [-0.1, -0.05) is 6.92 Å². The lowest BCUT2D eigenvalue weighted by atomic mass is 10.1. The van der Waals surface area contributed by atoms with Gasteiger partial charge in [0.25, 0.3) is 0 Å². The molecule has 0 bridgehead atoms. The molecule has 0 aliphatic heterocycles. The first kappa shape index (κ1) is 12.0. The Balaban J connectivity index is 2.18. The Morgan fingerprint density at radius 3 is 2.76 bits per heavy atom. The van der Waals surface area contributed by atoms with E-state index in [1.807, 2.05) is 6.92 Å². The summed E-state index contributed by atoms with van der Waals surface area (Å²) in [5, 5.41) is 8.88. The molecule has 1 aliphatic carbocycles. The molecule has 2 rings (SSSR count). The van der Waals surface area contributed by atoms with Crippen LogP contribution in [-0.4, -0.2) is 28.6 Å². The second kappa shape index (κ2) is 4.84. The van der Waals surface area contributed by atoms with Crippen molar-refractivity contribution in [3.63, 3.8) is 0 Å². The average molecular weight is 237 g/mol. The SMILES string of the molecule is CCN(Cc1cc(C(=O)O)ccc1F)C1CC1. The van der Waals surface area contributed by atoms with Gasteiger partial charge in [0.05, 0.1) is 5.56 Å². The van der Waals surface area contributed by atoms with Crippen LogP contribution < -0.4 is 0 Å². The van der Waals surface area contributed by atoms with E-state index in [0.717, 1.165) is 19.4 Å². The summed E-state index contributed by atoms with van der Waals surface area (Å²) < 4.78 is 13.6. The minimum Gasteiger partial charge on any atom is -0.478 e. The lowest BCUT2D eigenvalue weighted by Crippen LogP contribution is -2.25. The van der Waals surface area contributed by atoms with E-state index in [-0.39, 0.29) is 11.4 Å². The zero-order valence-corrected chi connectivity index (χ0v) is 9.82. The minimum absolute atomic E-state index is 0.147. The smallest absolute Gasteiger partial charge is 0.335 e. The zero-order chi connectivity index (χ0) is 12.4. The molecule has 0 spiro atoms.